The van der Waals surface area contributed by atoms with Gasteiger partial charge in [0, 0.05) is 46.2 Å². The quantitative estimate of drug-likeness (QED) is 0.443. The zero-order valence-corrected chi connectivity index (χ0v) is 17.3. The Kier molecular flexibility index (Phi) is 4.86. The molecule has 1 N–H and O–H groups in total. The van der Waals surface area contributed by atoms with E-state index < -0.39 is 0 Å². The molecule has 2 aromatic heterocycles. The van der Waals surface area contributed by atoms with Crippen molar-refractivity contribution in [2.45, 2.75) is 18.8 Å². The molecule has 1 fully saturated rings. The molecule has 4 nitrogen and oxygen atoms in total. The number of hydrogen-bond donors (Lipinski definition) is 1. The molecule has 5 rings (SSSR count). The summed E-state index contributed by atoms with van der Waals surface area (Å²) >= 11 is 7.45. The number of nitrogens with zero attached hydrogens (tertiary/aromatic N) is 2. The molecule has 2 aromatic carbocycles. The zero-order valence-electron chi connectivity index (χ0n) is 15.8. The normalized spacial score (nSPS) is 15.1. The topological polar surface area (TPSA) is 49.0 Å². The number of aromatic nitrogens is 2. The first-order valence-electron chi connectivity index (χ1n) is 9.76. The molecule has 29 heavy (non-hydrogen) atoms. The summed E-state index contributed by atoms with van der Waals surface area (Å²) in [5.41, 5.74) is 4.06. The number of hydrogen-bond acceptors (Lipinski definition) is 3. The van der Waals surface area contributed by atoms with Crippen LogP contribution in [0.1, 0.15) is 34.8 Å². The van der Waals surface area contributed by atoms with Crippen LogP contribution in [0.25, 0.3) is 21.5 Å². The Morgan fingerprint density at radius 2 is 1.86 bits per heavy atom. The Bertz CT molecular complexity index is 1160. The number of carbonyl (C=O) groups is 1. The van der Waals surface area contributed by atoms with Crippen molar-refractivity contribution in [1.29, 1.82) is 0 Å². The number of carbonyl (C=O) groups excluding carboxylic acids is 1. The maximum absolute atomic E-state index is 12.9. The minimum absolute atomic E-state index is 0.0267. The van der Waals surface area contributed by atoms with Crippen LogP contribution in [0.5, 0.6) is 0 Å². The summed E-state index contributed by atoms with van der Waals surface area (Å²) < 4.78 is 0. The largest absolute Gasteiger partial charge is 0.361 e. The van der Waals surface area contributed by atoms with Crippen molar-refractivity contribution in [3.63, 3.8) is 0 Å². The fraction of sp³-hybridized carbons (Fsp3) is 0.217. The summed E-state index contributed by atoms with van der Waals surface area (Å²) in [6.07, 6.45) is 4.08. The highest BCUT2D eigenvalue weighted by molar-refractivity contribution is 7.13. The fourth-order valence-corrected chi connectivity index (χ4v) is 5.01. The van der Waals surface area contributed by atoms with E-state index in [0.29, 0.717) is 16.6 Å². The maximum atomic E-state index is 12.9. The number of rotatable bonds is 3. The Balaban J connectivity index is 1.27. The number of piperidine rings is 1. The van der Waals surface area contributed by atoms with E-state index >= 15 is 0 Å². The van der Waals surface area contributed by atoms with Gasteiger partial charge in [-0.25, -0.2) is 4.98 Å². The third-order valence-electron chi connectivity index (χ3n) is 5.66. The van der Waals surface area contributed by atoms with Crippen molar-refractivity contribution >= 4 is 39.7 Å². The molecule has 0 atom stereocenters. The number of amides is 1. The summed E-state index contributed by atoms with van der Waals surface area (Å²) in [7, 11) is 0. The van der Waals surface area contributed by atoms with Crippen molar-refractivity contribution in [2.75, 3.05) is 13.1 Å². The molecule has 0 saturated carbocycles. The summed E-state index contributed by atoms with van der Waals surface area (Å²) in [5.74, 6) is 0.508. The van der Waals surface area contributed by atoms with Crippen molar-refractivity contribution < 1.29 is 4.79 Å². The highest BCUT2D eigenvalue weighted by Gasteiger charge is 2.27. The van der Waals surface area contributed by atoms with E-state index in [4.69, 9.17) is 11.6 Å². The lowest BCUT2D eigenvalue weighted by molar-refractivity contribution is 0.0708. The summed E-state index contributed by atoms with van der Waals surface area (Å²) in [6, 6.07) is 16.0. The fourth-order valence-electron chi connectivity index (χ4n) is 4.08. The van der Waals surface area contributed by atoms with Gasteiger partial charge in [0.2, 0.25) is 0 Å². The lowest BCUT2D eigenvalue weighted by Crippen LogP contribution is -2.38. The standard InChI is InChI=1S/C23H20ClN3OS/c24-17-7-5-16(6-8-17)22-26-21(14-29-22)23(28)27-11-9-15(10-12-27)19-13-25-20-4-2-1-3-18(19)20/h1-8,13-15,25H,9-12H2. The Morgan fingerprint density at radius 1 is 1.10 bits per heavy atom. The van der Waals surface area contributed by atoms with Gasteiger partial charge in [0.25, 0.3) is 5.91 Å². The number of likely N-dealkylation sites (tertiary alicyclic amines) is 1. The predicted molar refractivity (Wildman–Crippen MR) is 119 cm³/mol. The molecular formula is C23H20ClN3OS. The Labute approximate surface area is 178 Å². The van der Waals surface area contributed by atoms with Gasteiger partial charge in [-0.1, -0.05) is 41.9 Å². The van der Waals surface area contributed by atoms with Crippen molar-refractivity contribution in [3.05, 3.63) is 76.4 Å². The highest BCUT2D eigenvalue weighted by Crippen LogP contribution is 2.34. The molecule has 0 bridgehead atoms. The van der Waals surface area contributed by atoms with Gasteiger partial charge in [0.1, 0.15) is 10.7 Å². The molecule has 1 saturated heterocycles. The summed E-state index contributed by atoms with van der Waals surface area (Å²) in [5, 5.41) is 4.70. The molecule has 0 radical (unpaired) electrons. The number of thiazole rings is 1. The van der Waals surface area contributed by atoms with E-state index in [1.165, 1.54) is 27.8 Å². The highest BCUT2D eigenvalue weighted by atomic mass is 35.5. The van der Waals surface area contributed by atoms with Crippen LogP contribution in [0.15, 0.2) is 60.1 Å². The van der Waals surface area contributed by atoms with E-state index in [1.807, 2.05) is 34.5 Å². The molecule has 0 spiro atoms. The second kappa shape index (κ2) is 7.65. The van der Waals surface area contributed by atoms with Crippen LogP contribution in [0.4, 0.5) is 0 Å². The molecule has 0 unspecified atom stereocenters. The van der Waals surface area contributed by atoms with Gasteiger partial charge in [-0.3, -0.25) is 4.79 Å². The number of halogens is 1. The van der Waals surface area contributed by atoms with Crippen molar-refractivity contribution in [1.82, 2.24) is 14.9 Å². The first-order valence-corrected chi connectivity index (χ1v) is 11.0. The van der Waals surface area contributed by atoms with Crippen LogP contribution in [-0.2, 0) is 0 Å². The number of benzene rings is 2. The average Bonchev–Trinajstić information content (AvgIpc) is 3.42. The smallest absolute Gasteiger partial charge is 0.273 e. The molecule has 1 aliphatic heterocycles. The van der Waals surface area contributed by atoms with Gasteiger partial charge in [0.15, 0.2) is 0 Å². The monoisotopic (exact) mass is 421 g/mol. The lowest BCUT2D eigenvalue weighted by Gasteiger charge is -2.31. The van der Waals surface area contributed by atoms with Gasteiger partial charge in [0.05, 0.1) is 0 Å². The summed E-state index contributed by atoms with van der Waals surface area (Å²) in [6.45, 7) is 1.52. The van der Waals surface area contributed by atoms with Crippen LogP contribution in [0.2, 0.25) is 5.02 Å². The van der Waals surface area contributed by atoms with E-state index in [-0.39, 0.29) is 5.91 Å². The van der Waals surface area contributed by atoms with Crippen molar-refractivity contribution in [3.8, 4) is 10.6 Å². The first kappa shape index (κ1) is 18.4. The van der Waals surface area contributed by atoms with Crippen molar-refractivity contribution in [2.24, 2.45) is 0 Å². The second-order valence-electron chi connectivity index (χ2n) is 7.40. The molecule has 6 heteroatoms. The number of para-hydroxylation sites is 1. The number of H-pyrrole nitrogens is 1. The first-order chi connectivity index (χ1) is 14.2. The number of nitrogens with one attached hydrogen (secondary N) is 1. The third kappa shape index (κ3) is 3.56. The molecular weight excluding hydrogens is 402 g/mol. The average molecular weight is 422 g/mol. The van der Waals surface area contributed by atoms with E-state index in [9.17, 15) is 4.79 Å². The third-order valence-corrected chi connectivity index (χ3v) is 6.80. The molecule has 3 heterocycles. The van der Waals surface area contributed by atoms with Gasteiger partial charge in [-0.05, 0) is 42.5 Å². The lowest BCUT2D eigenvalue weighted by atomic mass is 9.89. The minimum atomic E-state index is 0.0267. The number of fused-ring (bicyclic) bond motifs is 1. The molecule has 4 aromatic rings. The molecule has 1 amide bonds. The molecule has 0 aliphatic carbocycles. The van der Waals surface area contributed by atoms with Crippen LogP contribution < -0.4 is 0 Å². The number of aromatic amines is 1. The van der Waals surface area contributed by atoms with E-state index in [2.05, 4.69) is 40.4 Å². The summed E-state index contributed by atoms with van der Waals surface area (Å²) in [4.78, 5) is 22.8. The van der Waals surface area contributed by atoms with Crippen LogP contribution in [-0.4, -0.2) is 33.9 Å². The van der Waals surface area contributed by atoms with E-state index in [1.54, 1.807) is 0 Å². The molecule has 1 aliphatic rings. The zero-order chi connectivity index (χ0) is 19.8. The minimum Gasteiger partial charge on any atom is -0.361 e. The molecule has 146 valence electrons. The predicted octanol–water partition coefficient (Wildman–Crippen LogP) is 5.96. The Morgan fingerprint density at radius 3 is 2.66 bits per heavy atom. The van der Waals surface area contributed by atoms with Crippen LogP contribution in [0, 0.1) is 0 Å². The SMILES string of the molecule is O=C(c1csc(-c2ccc(Cl)cc2)n1)N1CCC(c2c[nH]c3ccccc23)CC1. The van der Waals surface area contributed by atoms with Crippen LogP contribution in [0.3, 0.4) is 0 Å². The van der Waals surface area contributed by atoms with Gasteiger partial charge in [-0.15, -0.1) is 11.3 Å². The van der Waals surface area contributed by atoms with Crippen LogP contribution >= 0.6 is 22.9 Å². The van der Waals surface area contributed by atoms with Gasteiger partial charge >= 0.3 is 0 Å². The van der Waals surface area contributed by atoms with Gasteiger partial charge in [-0.2, -0.15) is 0 Å². The maximum Gasteiger partial charge on any atom is 0.273 e. The second-order valence-corrected chi connectivity index (χ2v) is 8.70. The van der Waals surface area contributed by atoms with E-state index in [0.717, 1.165) is 36.5 Å². The Hall–Kier alpha value is -2.63. The van der Waals surface area contributed by atoms with Gasteiger partial charge < -0.3 is 9.88 Å².